The van der Waals surface area contributed by atoms with Crippen molar-refractivity contribution in [2.45, 2.75) is 180 Å². The van der Waals surface area contributed by atoms with Crippen molar-refractivity contribution in [2.75, 3.05) is 20.2 Å². The standard InChI is InChI=1S/C45H79N11O15/c1-20(2)17-28(38(63)48-24(8)45(70)71)50-36(61)23(7)47-43(68)34(25(9)58)54-37(62)27(14-15-32(46)60)49-44(69)35(26(10)59)55-40(65)30(19-57)52-42(67)33(22(5)6)53-39(64)29(18-21(3)4)51-41(66)31-13-12-16-56(31)11/h20-31,33-35,57-59H,12-19H2,1-11H3,(H2,46,60)(H,47,68)(H,48,63)(H,49,69)(H,50,61)(H,51,66)(H,52,67)(H,53,64)(H,54,62)(H,55,65)(H,70,71)/t23-,24-,25+,26+,27-,28-,29-,30-,31-,33-,34-,35-/m0/s1. The molecule has 0 aromatic heterocycles. The molecule has 1 rings (SSSR count). The van der Waals surface area contributed by atoms with Gasteiger partial charge in [-0.05, 0) is 91.1 Å². The lowest BCUT2D eigenvalue weighted by molar-refractivity contribution is -0.142. The first-order valence-corrected chi connectivity index (χ1v) is 23.8. The van der Waals surface area contributed by atoms with Crippen LogP contribution in [0.15, 0.2) is 0 Å². The molecular formula is C45H79N11O15. The molecule has 404 valence electrons. The van der Waals surface area contributed by atoms with Crippen LogP contribution in [-0.4, -0.2) is 183 Å². The van der Waals surface area contributed by atoms with E-state index in [0.717, 1.165) is 26.8 Å². The number of nitrogens with one attached hydrogen (secondary N) is 9. The third-order valence-corrected chi connectivity index (χ3v) is 11.5. The number of aliphatic carboxylic acids is 1. The largest absolute Gasteiger partial charge is 0.480 e. The van der Waals surface area contributed by atoms with E-state index in [4.69, 9.17) is 5.73 Å². The van der Waals surface area contributed by atoms with Gasteiger partial charge >= 0.3 is 5.97 Å². The maximum atomic E-state index is 13.7. The third-order valence-electron chi connectivity index (χ3n) is 11.5. The molecule has 71 heavy (non-hydrogen) atoms. The van der Waals surface area contributed by atoms with Gasteiger partial charge in [0.05, 0.1) is 24.9 Å². The lowest BCUT2D eigenvalue weighted by atomic mass is 9.99. The highest BCUT2D eigenvalue weighted by molar-refractivity contribution is 5.99. The van der Waals surface area contributed by atoms with Gasteiger partial charge in [0.2, 0.25) is 59.1 Å². The molecule has 12 atom stereocenters. The molecule has 0 radical (unpaired) electrons. The van der Waals surface area contributed by atoms with E-state index in [-0.39, 0.29) is 30.6 Å². The maximum absolute atomic E-state index is 13.7. The van der Waals surface area contributed by atoms with Crippen LogP contribution in [0.3, 0.4) is 0 Å². The van der Waals surface area contributed by atoms with E-state index in [1.54, 1.807) is 34.7 Å². The number of rotatable bonds is 30. The zero-order valence-electron chi connectivity index (χ0n) is 42.6. The van der Waals surface area contributed by atoms with Crippen LogP contribution < -0.4 is 53.6 Å². The van der Waals surface area contributed by atoms with Gasteiger partial charge in [0, 0.05) is 6.42 Å². The molecule has 15 N–H and O–H groups in total. The minimum Gasteiger partial charge on any atom is -0.480 e. The smallest absolute Gasteiger partial charge is 0.325 e. The average Bonchev–Trinajstić information content (AvgIpc) is 3.70. The summed E-state index contributed by atoms with van der Waals surface area (Å²) in [5.41, 5.74) is 5.31. The number of primary amides is 1. The molecule has 0 aromatic carbocycles. The summed E-state index contributed by atoms with van der Waals surface area (Å²) < 4.78 is 0. The van der Waals surface area contributed by atoms with Gasteiger partial charge in [0.15, 0.2) is 0 Å². The number of nitrogens with zero attached hydrogens (tertiary/aromatic N) is 1. The Balaban J connectivity index is 3.21. The minimum atomic E-state index is -1.89. The summed E-state index contributed by atoms with van der Waals surface area (Å²) in [4.78, 5) is 146. The Hall–Kier alpha value is -5.99. The molecular weight excluding hydrogens is 935 g/mol. The lowest BCUT2D eigenvalue weighted by Gasteiger charge is -2.29. The van der Waals surface area contributed by atoms with Crippen molar-refractivity contribution in [3.05, 3.63) is 0 Å². The number of aliphatic hydroxyl groups excluding tert-OH is 3. The molecule has 1 fully saturated rings. The molecule has 26 nitrogen and oxygen atoms in total. The van der Waals surface area contributed by atoms with E-state index >= 15 is 0 Å². The van der Waals surface area contributed by atoms with Crippen molar-refractivity contribution in [3.8, 4) is 0 Å². The quantitative estimate of drug-likeness (QED) is 0.0322. The van der Waals surface area contributed by atoms with Crippen LogP contribution in [0.5, 0.6) is 0 Å². The number of likely N-dealkylation sites (N-methyl/N-ethyl adjacent to an activating group) is 1. The lowest BCUT2D eigenvalue weighted by Crippen LogP contribution is -2.63. The molecule has 0 spiro atoms. The third kappa shape index (κ3) is 21.5. The minimum absolute atomic E-state index is 0.0335. The van der Waals surface area contributed by atoms with Crippen LogP contribution in [0, 0.1) is 17.8 Å². The van der Waals surface area contributed by atoms with Gasteiger partial charge in [0.1, 0.15) is 54.4 Å². The van der Waals surface area contributed by atoms with Gasteiger partial charge in [0.25, 0.3) is 0 Å². The SMILES string of the molecule is CC(C)C[C@H](NC(=O)[C@H](C)NC(=O)[C@@H](NC(=O)[C@H](CCC(N)=O)NC(=O)[C@@H](NC(=O)[C@H](CO)NC(=O)[C@@H](NC(=O)[C@H](CC(C)C)NC(=O)[C@@H]1CCCN1C)C(C)C)[C@@H](C)O)[C@@H](C)O)C(=O)N[C@@H](C)C(=O)O. The first-order chi connectivity index (χ1) is 32.9. The van der Waals surface area contributed by atoms with Crippen molar-refractivity contribution in [1.82, 2.24) is 52.8 Å². The van der Waals surface area contributed by atoms with E-state index in [0.29, 0.717) is 6.42 Å². The predicted molar refractivity (Wildman–Crippen MR) is 255 cm³/mol. The molecule has 0 saturated carbocycles. The van der Waals surface area contributed by atoms with Crippen molar-refractivity contribution < 1.29 is 73.2 Å². The van der Waals surface area contributed by atoms with E-state index < -0.39 is 157 Å². The number of aliphatic hydroxyl groups is 3. The van der Waals surface area contributed by atoms with Gasteiger partial charge in [-0.2, -0.15) is 0 Å². The second-order valence-electron chi connectivity index (χ2n) is 19.3. The van der Waals surface area contributed by atoms with Gasteiger partial charge in [-0.1, -0.05) is 41.5 Å². The van der Waals surface area contributed by atoms with Gasteiger partial charge in [-0.25, -0.2) is 0 Å². The second kappa shape index (κ2) is 30.0. The Morgan fingerprint density at radius 1 is 0.535 bits per heavy atom. The fraction of sp³-hybridized carbons (Fsp3) is 0.756. The number of amides is 10. The van der Waals surface area contributed by atoms with Crippen molar-refractivity contribution in [1.29, 1.82) is 0 Å². The molecule has 0 unspecified atom stereocenters. The van der Waals surface area contributed by atoms with E-state index in [9.17, 15) is 73.2 Å². The normalized spacial score (nSPS) is 18.4. The Labute approximate surface area is 414 Å². The van der Waals surface area contributed by atoms with Gasteiger partial charge in [-0.15, -0.1) is 0 Å². The molecule has 1 heterocycles. The summed E-state index contributed by atoms with van der Waals surface area (Å²) in [5, 5.41) is 62.1. The van der Waals surface area contributed by atoms with Crippen molar-refractivity contribution in [3.63, 3.8) is 0 Å². The highest BCUT2D eigenvalue weighted by Gasteiger charge is 2.38. The predicted octanol–water partition coefficient (Wildman–Crippen LogP) is -4.66. The number of hydrogen-bond donors (Lipinski definition) is 14. The second-order valence-corrected chi connectivity index (χ2v) is 19.3. The van der Waals surface area contributed by atoms with Crippen LogP contribution in [0.25, 0.3) is 0 Å². The average molecular weight is 1010 g/mol. The molecule has 0 aliphatic carbocycles. The highest BCUT2D eigenvalue weighted by Crippen LogP contribution is 2.16. The molecule has 1 aliphatic rings. The number of carboxylic acid groups (broad SMARTS) is 1. The Morgan fingerprint density at radius 3 is 1.38 bits per heavy atom. The van der Waals surface area contributed by atoms with Gasteiger partial charge in [-0.3, -0.25) is 57.6 Å². The Bertz CT molecular complexity index is 1880. The molecule has 1 aliphatic heterocycles. The monoisotopic (exact) mass is 1010 g/mol. The molecule has 0 bridgehead atoms. The fourth-order valence-corrected chi connectivity index (χ4v) is 7.34. The zero-order valence-corrected chi connectivity index (χ0v) is 42.6. The van der Waals surface area contributed by atoms with Crippen LogP contribution >= 0.6 is 0 Å². The molecule has 1 saturated heterocycles. The molecule has 26 heteroatoms. The van der Waals surface area contributed by atoms with E-state index in [2.05, 4.69) is 47.9 Å². The van der Waals surface area contributed by atoms with Crippen molar-refractivity contribution >= 4 is 65.0 Å². The summed E-state index contributed by atoms with van der Waals surface area (Å²) in [5.74, 6) is -11.3. The molecule has 0 aromatic rings. The Morgan fingerprint density at radius 2 is 0.944 bits per heavy atom. The zero-order chi connectivity index (χ0) is 54.6. The summed E-state index contributed by atoms with van der Waals surface area (Å²) in [6, 6.07) is -13.8. The van der Waals surface area contributed by atoms with Crippen molar-refractivity contribution in [2.24, 2.45) is 23.5 Å². The summed E-state index contributed by atoms with van der Waals surface area (Å²) in [6.45, 7) is 14.8. The van der Waals surface area contributed by atoms with Crippen LogP contribution in [0.2, 0.25) is 0 Å². The van der Waals surface area contributed by atoms with Crippen LogP contribution in [0.1, 0.15) is 108 Å². The summed E-state index contributed by atoms with van der Waals surface area (Å²) in [6.07, 6.45) is -2.61. The highest BCUT2D eigenvalue weighted by atomic mass is 16.4. The summed E-state index contributed by atoms with van der Waals surface area (Å²) >= 11 is 0. The van der Waals surface area contributed by atoms with Crippen LogP contribution in [0.4, 0.5) is 0 Å². The van der Waals surface area contributed by atoms with E-state index in [1.165, 1.54) is 13.8 Å². The number of carbonyl (C=O) groups excluding carboxylic acids is 10. The number of hydrogen-bond acceptors (Lipinski definition) is 15. The number of carboxylic acids is 1. The van der Waals surface area contributed by atoms with Gasteiger partial charge < -0.3 is 74.0 Å². The summed E-state index contributed by atoms with van der Waals surface area (Å²) in [7, 11) is 1.81. The Kier molecular flexibility index (Phi) is 26.6. The number of carbonyl (C=O) groups is 11. The van der Waals surface area contributed by atoms with E-state index in [1.807, 2.05) is 18.7 Å². The topological polar surface area (TPSA) is 406 Å². The fourth-order valence-electron chi connectivity index (χ4n) is 7.34. The molecule has 10 amide bonds. The number of nitrogens with two attached hydrogens (primary N) is 1. The first kappa shape index (κ1) is 63.0. The van der Waals surface area contributed by atoms with Crippen LogP contribution in [-0.2, 0) is 52.7 Å². The first-order valence-electron chi connectivity index (χ1n) is 23.8. The maximum Gasteiger partial charge on any atom is 0.325 e. The number of likely N-dealkylation sites (tertiary alicyclic amines) is 1.